The van der Waals surface area contributed by atoms with Crippen LogP contribution >= 0.6 is 0 Å². The molecule has 0 bridgehead atoms. The van der Waals surface area contributed by atoms with Gasteiger partial charge in [0.25, 0.3) is 0 Å². The van der Waals surface area contributed by atoms with Crippen molar-refractivity contribution < 1.29 is 4.74 Å². The lowest BCUT2D eigenvalue weighted by molar-refractivity contribution is 0.308. The molecule has 1 aliphatic rings. The fourth-order valence-corrected chi connectivity index (χ4v) is 1.87. The Morgan fingerprint density at radius 2 is 2.08 bits per heavy atom. The second-order valence-electron chi connectivity index (χ2n) is 3.69. The third-order valence-corrected chi connectivity index (χ3v) is 2.73. The molecule has 0 N–H and O–H groups in total. The minimum atomic E-state index is 0.322. The van der Waals surface area contributed by atoms with Gasteiger partial charge in [0.2, 0.25) is 0 Å². The minimum absolute atomic E-state index is 0.322. The summed E-state index contributed by atoms with van der Waals surface area (Å²) in [6, 6.07) is 2.35. The van der Waals surface area contributed by atoms with Crippen molar-refractivity contribution >= 4 is 0 Å². The second kappa shape index (κ2) is 5.64. The summed E-state index contributed by atoms with van der Waals surface area (Å²) in [5.41, 5.74) is 0. The molecule has 0 aromatic heterocycles. The SMILES string of the molecule is COC=CCC1CCC(C#N)CC1. The Kier molecular flexibility index (Phi) is 4.39. The van der Waals surface area contributed by atoms with Crippen molar-refractivity contribution in [1.82, 2.24) is 0 Å². The first-order valence-corrected chi connectivity index (χ1v) is 4.94. The molecule has 0 heterocycles. The largest absolute Gasteiger partial charge is 0.505 e. The van der Waals surface area contributed by atoms with Crippen molar-refractivity contribution in [2.75, 3.05) is 7.11 Å². The van der Waals surface area contributed by atoms with E-state index in [9.17, 15) is 0 Å². The van der Waals surface area contributed by atoms with E-state index in [2.05, 4.69) is 12.1 Å². The predicted octanol–water partition coefficient (Wildman–Crippen LogP) is 2.87. The molecule has 0 unspecified atom stereocenters. The molecule has 0 radical (unpaired) electrons. The van der Waals surface area contributed by atoms with E-state index >= 15 is 0 Å². The number of nitriles is 1. The highest BCUT2D eigenvalue weighted by atomic mass is 16.5. The number of hydrogen-bond donors (Lipinski definition) is 0. The molecule has 0 amide bonds. The van der Waals surface area contributed by atoms with Gasteiger partial charge in [-0.1, -0.05) is 0 Å². The van der Waals surface area contributed by atoms with Crippen LogP contribution in [-0.2, 0) is 4.74 Å². The van der Waals surface area contributed by atoms with E-state index < -0.39 is 0 Å². The number of allylic oxidation sites excluding steroid dienone is 1. The molecule has 0 aromatic rings. The van der Waals surface area contributed by atoms with Crippen molar-refractivity contribution in [1.29, 1.82) is 5.26 Å². The zero-order valence-corrected chi connectivity index (χ0v) is 8.20. The average Bonchev–Trinajstić information content (AvgIpc) is 2.19. The quantitative estimate of drug-likeness (QED) is 0.624. The van der Waals surface area contributed by atoms with Crippen LogP contribution in [0.3, 0.4) is 0 Å². The molecule has 1 aliphatic carbocycles. The van der Waals surface area contributed by atoms with Gasteiger partial charge in [-0.05, 0) is 44.1 Å². The number of methoxy groups -OCH3 is 1. The third kappa shape index (κ3) is 3.50. The molecule has 72 valence electrons. The Morgan fingerprint density at radius 1 is 1.38 bits per heavy atom. The van der Waals surface area contributed by atoms with Gasteiger partial charge in [-0.2, -0.15) is 5.26 Å². The van der Waals surface area contributed by atoms with Crippen LogP contribution in [0.15, 0.2) is 12.3 Å². The fourth-order valence-electron chi connectivity index (χ4n) is 1.87. The summed E-state index contributed by atoms with van der Waals surface area (Å²) < 4.78 is 4.84. The van der Waals surface area contributed by atoms with Crippen molar-refractivity contribution in [2.24, 2.45) is 11.8 Å². The van der Waals surface area contributed by atoms with E-state index in [0.717, 1.165) is 25.2 Å². The maximum atomic E-state index is 8.71. The van der Waals surface area contributed by atoms with Crippen LogP contribution < -0.4 is 0 Å². The summed E-state index contributed by atoms with van der Waals surface area (Å²) in [4.78, 5) is 0. The van der Waals surface area contributed by atoms with Gasteiger partial charge in [-0.25, -0.2) is 0 Å². The lowest BCUT2D eigenvalue weighted by atomic mass is 9.81. The molecular formula is C11H17NO. The van der Waals surface area contributed by atoms with E-state index in [1.54, 1.807) is 13.4 Å². The molecule has 0 aliphatic heterocycles. The first-order valence-electron chi connectivity index (χ1n) is 4.94. The molecule has 2 heteroatoms. The van der Waals surface area contributed by atoms with Gasteiger partial charge in [0.15, 0.2) is 0 Å². The zero-order valence-electron chi connectivity index (χ0n) is 8.20. The normalized spacial score (nSPS) is 28.6. The highest BCUT2D eigenvalue weighted by Crippen LogP contribution is 2.30. The van der Waals surface area contributed by atoms with Crippen LogP contribution in [-0.4, -0.2) is 7.11 Å². The Balaban J connectivity index is 2.18. The van der Waals surface area contributed by atoms with E-state index in [4.69, 9.17) is 10.00 Å². The van der Waals surface area contributed by atoms with Crippen LogP contribution in [0.4, 0.5) is 0 Å². The Labute approximate surface area is 80.2 Å². The summed E-state index contributed by atoms with van der Waals surface area (Å²) in [6.07, 6.45) is 9.50. The minimum Gasteiger partial charge on any atom is -0.505 e. The van der Waals surface area contributed by atoms with Gasteiger partial charge in [-0.15, -0.1) is 0 Å². The smallest absolute Gasteiger partial charge is 0.0784 e. The Bertz CT molecular complexity index is 197. The first kappa shape index (κ1) is 10.1. The lowest BCUT2D eigenvalue weighted by Gasteiger charge is -2.23. The van der Waals surface area contributed by atoms with Crippen molar-refractivity contribution in [3.8, 4) is 6.07 Å². The molecule has 0 saturated heterocycles. The topological polar surface area (TPSA) is 33.0 Å². The maximum absolute atomic E-state index is 8.71. The van der Waals surface area contributed by atoms with Crippen molar-refractivity contribution in [2.45, 2.75) is 32.1 Å². The van der Waals surface area contributed by atoms with Gasteiger partial charge in [0, 0.05) is 5.92 Å². The molecule has 13 heavy (non-hydrogen) atoms. The van der Waals surface area contributed by atoms with Crippen LogP contribution in [0, 0.1) is 23.2 Å². The van der Waals surface area contributed by atoms with Gasteiger partial charge >= 0.3 is 0 Å². The van der Waals surface area contributed by atoms with Crippen LogP contribution in [0.1, 0.15) is 32.1 Å². The number of ether oxygens (including phenoxy) is 1. The number of rotatable bonds is 3. The third-order valence-electron chi connectivity index (χ3n) is 2.73. The van der Waals surface area contributed by atoms with E-state index in [-0.39, 0.29) is 0 Å². The monoisotopic (exact) mass is 179 g/mol. The molecular weight excluding hydrogens is 162 g/mol. The number of hydrogen-bond acceptors (Lipinski definition) is 2. The van der Waals surface area contributed by atoms with E-state index in [1.807, 2.05) is 0 Å². The van der Waals surface area contributed by atoms with Crippen molar-refractivity contribution in [3.63, 3.8) is 0 Å². The van der Waals surface area contributed by atoms with E-state index in [0.29, 0.717) is 5.92 Å². The van der Waals surface area contributed by atoms with Gasteiger partial charge < -0.3 is 4.74 Å². The molecule has 0 atom stereocenters. The standard InChI is InChI=1S/C11H17NO/c1-13-8-2-3-10-4-6-11(9-12)7-5-10/h2,8,10-11H,3-7H2,1H3. The maximum Gasteiger partial charge on any atom is 0.0784 e. The zero-order chi connectivity index (χ0) is 9.52. The van der Waals surface area contributed by atoms with Crippen LogP contribution in [0.2, 0.25) is 0 Å². The highest BCUT2D eigenvalue weighted by molar-refractivity contribution is 4.89. The van der Waals surface area contributed by atoms with Crippen LogP contribution in [0.5, 0.6) is 0 Å². The van der Waals surface area contributed by atoms with E-state index in [1.165, 1.54) is 12.8 Å². The molecule has 0 spiro atoms. The van der Waals surface area contributed by atoms with Gasteiger partial charge in [-0.3, -0.25) is 0 Å². The Hall–Kier alpha value is -0.970. The summed E-state index contributed by atoms with van der Waals surface area (Å²) in [5, 5.41) is 8.71. The number of nitrogens with zero attached hydrogens (tertiary/aromatic N) is 1. The second-order valence-corrected chi connectivity index (χ2v) is 3.69. The summed E-state index contributed by atoms with van der Waals surface area (Å²) in [5.74, 6) is 1.10. The molecule has 1 saturated carbocycles. The van der Waals surface area contributed by atoms with Gasteiger partial charge in [0.05, 0.1) is 19.4 Å². The lowest BCUT2D eigenvalue weighted by Crippen LogP contribution is -2.12. The average molecular weight is 179 g/mol. The molecule has 1 rings (SSSR count). The molecule has 0 aromatic carbocycles. The summed E-state index contributed by atoms with van der Waals surface area (Å²) in [6.45, 7) is 0. The fraction of sp³-hybridized carbons (Fsp3) is 0.727. The van der Waals surface area contributed by atoms with Gasteiger partial charge in [0.1, 0.15) is 0 Å². The highest BCUT2D eigenvalue weighted by Gasteiger charge is 2.19. The van der Waals surface area contributed by atoms with Crippen molar-refractivity contribution in [3.05, 3.63) is 12.3 Å². The molecule has 2 nitrogen and oxygen atoms in total. The summed E-state index contributed by atoms with van der Waals surface area (Å²) >= 11 is 0. The predicted molar refractivity (Wildman–Crippen MR) is 51.8 cm³/mol. The Morgan fingerprint density at radius 3 is 2.62 bits per heavy atom. The molecule has 1 fully saturated rings. The summed E-state index contributed by atoms with van der Waals surface area (Å²) in [7, 11) is 1.67. The first-order chi connectivity index (χ1) is 6.36. The van der Waals surface area contributed by atoms with Crippen LogP contribution in [0.25, 0.3) is 0 Å².